The summed E-state index contributed by atoms with van der Waals surface area (Å²) in [6.45, 7) is 7.25. The van der Waals surface area contributed by atoms with Crippen molar-refractivity contribution in [3.05, 3.63) is 0 Å². The summed E-state index contributed by atoms with van der Waals surface area (Å²) in [5, 5.41) is 8.92. The number of amides is 1. The fourth-order valence-corrected chi connectivity index (χ4v) is 1.51. The first-order chi connectivity index (χ1) is 7.33. The van der Waals surface area contributed by atoms with Crippen LogP contribution >= 0.6 is 0 Å². The molecule has 1 aliphatic heterocycles. The number of ether oxygens (including phenoxy) is 1. The quantitative estimate of drug-likeness (QED) is 0.618. The number of piperazine rings is 1. The average Bonchev–Trinajstić information content (AvgIpc) is 2.15. The molecule has 1 aliphatic rings. The maximum Gasteiger partial charge on any atom is 0.410 e. The molecular weight excluding hydrogens is 206 g/mol. The maximum absolute atomic E-state index is 11.8. The Labute approximate surface area is 96.6 Å². The molecule has 0 spiro atoms. The van der Waals surface area contributed by atoms with Crippen LogP contribution in [-0.2, 0) is 4.74 Å². The lowest BCUT2D eigenvalue weighted by Crippen LogP contribution is -2.53. The van der Waals surface area contributed by atoms with E-state index in [1.54, 1.807) is 4.90 Å². The van der Waals surface area contributed by atoms with Crippen LogP contribution in [0.2, 0.25) is 0 Å². The largest absolute Gasteiger partial charge is 0.444 e. The Morgan fingerprint density at radius 3 is 2.56 bits per heavy atom. The number of likely N-dealkylation sites (N-methyl/N-ethyl adjacent to an activating group) is 1. The molecule has 0 aliphatic carbocycles. The van der Waals surface area contributed by atoms with E-state index in [1.807, 2.05) is 32.7 Å². The Hall–Kier alpha value is -1.28. The monoisotopic (exact) mass is 225 g/mol. The van der Waals surface area contributed by atoms with Crippen molar-refractivity contribution in [2.24, 2.45) is 0 Å². The Morgan fingerprint density at radius 1 is 1.44 bits per heavy atom. The highest BCUT2D eigenvalue weighted by molar-refractivity contribution is 5.68. The van der Waals surface area contributed by atoms with Crippen LogP contribution in [0.15, 0.2) is 0 Å². The normalized spacial score (nSPS) is 22.7. The van der Waals surface area contributed by atoms with Gasteiger partial charge in [0.25, 0.3) is 0 Å². The zero-order valence-electron chi connectivity index (χ0n) is 10.4. The van der Waals surface area contributed by atoms with Gasteiger partial charge in [-0.25, -0.2) is 4.79 Å². The van der Waals surface area contributed by atoms with Gasteiger partial charge in [0.05, 0.1) is 12.6 Å². The molecule has 0 aromatic heterocycles. The number of hydrogen-bond acceptors (Lipinski definition) is 4. The van der Waals surface area contributed by atoms with Gasteiger partial charge < -0.3 is 9.64 Å². The van der Waals surface area contributed by atoms with Crippen LogP contribution in [0.25, 0.3) is 0 Å². The van der Waals surface area contributed by atoms with Gasteiger partial charge in [-0.1, -0.05) is 0 Å². The molecule has 0 bridgehead atoms. The van der Waals surface area contributed by atoms with Gasteiger partial charge in [0, 0.05) is 13.1 Å². The van der Waals surface area contributed by atoms with E-state index >= 15 is 0 Å². The van der Waals surface area contributed by atoms with E-state index in [-0.39, 0.29) is 12.1 Å². The van der Waals surface area contributed by atoms with Crippen molar-refractivity contribution >= 4 is 6.09 Å². The first-order valence-electron chi connectivity index (χ1n) is 5.41. The summed E-state index contributed by atoms with van der Waals surface area (Å²) >= 11 is 0. The van der Waals surface area contributed by atoms with Crippen molar-refractivity contribution in [3.8, 4) is 6.07 Å². The van der Waals surface area contributed by atoms with Crippen molar-refractivity contribution in [2.45, 2.75) is 32.4 Å². The van der Waals surface area contributed by atoms with E-state index < -0.39 is 5.60 Å². The van der Waals surface area contributed by atoms with Crippen LogP contribution < -0.4 is 0 Å². The molecule has 90 valence electrons. The molecule has 0 N–H and O–H groups in total. The van der Waals surface area contributed by atoms with E-state index in [2.05, 4.69) is 6.07 Å². The zero-order valence-corrected chi connectivity index (χ0v) is 10.4. The van der Waals surface area contributed by atoms with E-state index in [9.17, 15) is 4.79 Å². The summed E-state index contributed by atoms with van der Waals surface area (Å²) in [5.74, 6) is 0. The molecule has 1 heterocycles. The second kappa shape index (κ2) is 4.71. The Bertz CT molecular complexity index is 303. The van der Waals surface area contributed by atoms with E-state index in [1.165, 1.54) is 0 Å². The number of rotatable bonds is 0. The standard InChI is InChI=1S/C11H19N3O2/c1-11(2,3)16-10(15)14-6-5-13(4)9(7-12)8-14/h9H,5-6,8H2,1-4H3. The van der Waals surface area contributed by atoms with E-state index in [0.717, 1.165) is 0 Å². The van der Waals surface area contributed by atoms with Gasteiger partial charge in [-0.05, 0) is 27.8 Å². The molecule has 0 aromatic carbocycles. The Balaban J connectivity index is 2.56. The molecule has 16 heavy (non-hydrogen) atoms. The minimum absolute atomic E-state index is 0.235. The minimum Gasteiger partial charge on any atom is -0.444 e. The van der Waals surface area contributed by atoms with E-state index in [0.29, 0.717) is 19.6 Å². The summed E-state index contributed by atoms with van der Waals surface area (Å²) in [7, 11) is 1.89. The molecule has 1 atom stereocenters. The summed E-state index contributed by atoms with van der Waals surface area (Å²) in [6, 6.07) is 1.94. The van der Waals surface area contributed by atoms with E-state index in [4.69, 9.17) is 10.00 Å². The minimum atomic E-state index is -0.484. The van der Waals surface area contributed by atoms with Crippen LogP contribution in [0.5, 0.6) is 0 Å². The molecule has 1 unspecified atom stereocenters. The topological polar surface area (TPSA) is 56.6 Å². The lowest BCUT2D eigenvalue weighted by molar-refractivity contribution is 0.0121. The second-order valence-electron chi connectivity index (χ2n) is 5.05. The van der Waals surface area contributed by atoms with Gasteiger partial charge >= 0.3 is 6.09 Å². The first kappa shape index (κ1) is 12.8. The third-order valence-electron chi connectivity index (χ3n) is 2.45. The van der Waals surface area contributed by atoms with Crippen molar-refractivity contribution in [2.75, 3.05) is 26.7 Å². The number of hydrogen-bond donors (Lipinski definition) is 0. The lowest BCUT2D eigenvalue weighted by Gasteiger charge is -2.36. The smallest absolute Gasteiger partial charge is 0.410 e. The van der Waals surface area contributed by atoms with Gasteiger partial charge in [0.15, 0.2) is 0 Å². The highest BCUT2D eigenvalue weighted by Gasteiger charge is 2.29. The van der Waals surface area contributed by atoms with Gasteiger partial charge in [-0.3, -0.25) is 4.90 Å². The lowest BCUT2D eigenvalue weighted by atomic mass is 10.2. The van der Waals surface area contributed by atoms with Crippen molar-refractivity contribution in [1.29, 1.82) is 5.26 Å². The van der Waals surface area contributed by atoms with Gasteiger partial charge in [0.2, 0.25) is 0 Å². The molecule has 0 radical (unpaired) electrons. The summed E-state index contributed by atoms with van der Waals surface area (Å²) in [4.78, 5) is 15.3. The third kappa shape index (κ3) is 3.38. The molecule has 0 saturated carbocycles. The van der Waals surface area contributed by atoms with Crippen LogP contribution in [0.3, 0.4) is 0 Å². The molecular formula is C11H19N3O2. The summed E-state index contributed by atoms with van der Waals surface area (Å²) in [6.07, 6.45) is -0.333. The zero-order chi connectivity index (χ0) is 12.3. The van der Waals surface area contributed by atoms with Crippen LogP contribution in [0, 0.1) is 11.3 Å². The molecule has 5 heteroatoms. The van der Waals surface area contributed by atoms with Crippen LogP contribution in [-0.4, -0.2) is 54.2 Å². The number of carbonyl (C=O) groups excluding carboxylic acids is 1. The molecule has 1 amide bonds. The molecule has 0 aromatic rings. The highest BCUT2D eigenvalue weighted by atomic mass is 16.6. The summed E-state index contributed by atoms with van der Waals surface area (Å²) in [5.41, 5.74) is -0.484. The number of nitrogens with zero attached hydrogens (tertiary/aromatic N) is 3. The van der Waals surface area contributed by atoms with Crippen molar-refractivity contribution in [1.82, 2.24) is 9.80 Å². The predicted octanol–water partition coefficient (Wildman–Crippen LogP) is 1.06. The fraction of sp³-hybridized carbons (Fsp3) is 0.818. The average molecular weight is 225 g/mol. The first-order valence-corrected chi connectivity index (χ1v) is 5.41. The Morgan fingerprint density at radius 2 is 2.06 bits per heavy atom. The molecule has 1 rings (SSSR count). The second-order valence-corrected chi connectivity index (χ2v) is 5.05. The van der Waals surface area contributed by atoms with Crippen LogP contribution in [0.4, 0.5) is 4.79 Å². The number of carbonyl (C=O) groups is 1. The summed E-state index contributed by atoms with van der Waals surface area (Å²) < 4.78 is 5.26. The SMILES string of the molecule is CN1CCN(C(=O)OC(C)(C)C)CC1C#N. The maximum atomic E-state index is 11.8. The third-order valence-corrected chi connectivity index (χ3v) is 2.45. The molecule has 1 saturated heterocycles. The van der Waals surface area contributed by atoms with Crippen molar-refractivity contribution < 1.29 is 9.53 Å². The number of nitriles is 1. The molecule has 5 nitrogen and oxygen atoms in total. The van der Waals surface area contributed by atoms with Crippen molar-refractivity contribution in [3.63, 3.8) is 0 Å². The van der Waals surface area contributed by atoms with Gasteiger partial charge in [0.1, 0.15) is 11.6 Å². The Kier molecular flexibility index (Phi) is 3.76. The predicted molar refractivity (Wildman–Crippen MR) is 59.8 cm³/mol. The highest BCUT2D eigenvalue weighted by Crippen LogP contribution is 2.13. The fourth-order valence-electron chi connectivity index (χ4n) is 1.51. The molecule has 1 fully saturated rings. The van der Waals surface area contributed by atoms with Crippen LogP contribution in [0.1, 0.15) is 20.8 Å². The van der Waals surface area contributed by atoms with Gasteiger partial charge in [-0.15, -0.1) is 0 Å². The van der Waals surface area contributed by atoms with Gasteiger partial charge in [-0.2, -0.15) is 5.26 Å².